The van der Waals surface area contributed by atoms with Crippen LogP contribution in [0, 0.1) is 13.8 Å². The number of fused-ring (bicyclic) bond motifs is 1. The number of aromatic amines is 1. The summed E-state index contributed by atoms with van der Waals surface area (Å²) in [4.78, 5) is 7.96. The van der Waals surface area contributed by atoms with Gasteiger partial charge in [0.25, 0.3) is 0 Å². The molecule has 2 aromatic carbocycles. The van der Waals surface area contributed by atoms with E-state index in [9.17, 15) is 0 Å². The lowest BCUT2D eigenvalue weighted by Crippen LogP contribution is -1.91. The summed E-state index contributed by atoms with van der Waals surface area (Å²) >= 11 is 5.92. The Hall–Kier alpha value is -2.00. The van der Waals surface area contributed by atoms with Crippen LogP contribution in [0.1, 0.15) is 11.1 Å². The Morgan fingerprint density at radius 3 is 2.68 bits per heavy atom. The summed E-state index contributed by atoms with van der Waals surface area (Å²) < 4.78 is 0. The molecule has 0 aliphatic rings. The second kappa shape index (κ2) is 4.28. The van der Waals surface area contributed by atoms with Gasteiger partial charge in [0.05, 0.1) is 11.0 Å². The van der Waals surface area contributed by atoms with Gasteiger partial charge in [0, 0.05) is 16.3 Å². The standard InChI is InChI=1S/C15H14ClN3/c1-8-5-9(2)14-13(6-8)18-15(19-14)11-4-3-10(16)7-12(11)17/h3-7H,17H2,1-2H3,(H,18,19). The molecule has 0 bridgehead atoms. The van der Waals surface area contributed by atoms with Gasteiger partial charge >= 0.3 is 0 Å². The van der Waals surface area contributed by atoms with Gasteiger partial charge < -0.3 is 10.7 Å². The maximum atomic E-state index is 6.00. The average Bonchev–Trinajstić information content (AvgIpc) is 2.72. The molecule has 0 spiro atoms. The minimum atomic E-state index is 0.626. The molecular formula is C15H14ClN3. The van der Waals surface area contributed by atoms with Crippen molar-refractivity contribution in [1.29, 1.82) is 0 Å². The number of aromatic nitrogens is 2. The van der Waals surface area contributed by atoms with Crippen LogP contribution in [-0.2, 0) is 0 Å². The number of nitrogens with two attached hydrogens (primary N) is 1. The second-order valence-corrected chi connectivity index (χ2v) is 5.23. The number of hydrogen-bond donors (Lipinski definition) is 2. The highest BCUT2D eigenvalue weighted by molar-refractivity contribution is 6.31. The Labute approximate surface area is 116 Å². The third-order valence-corrected chi connectivity index (χ3v) is 3.43. The number of rotatable bonds is 1. The van der Waals surface area contributed by atoms with Gasteiger partial charge in [-0.25, -0.2) is 4.98 Å². The number of halogens is 1. The molecule has 0 saturated carbocycles. The summed E-state index contributed by atoms with van der Waals surface area (Å²) in [6.45, 7) is 4.13. The zero-order valence-corrected chi connectivity index (χ0v) is 11.5. The summed E-state index contributed by atoms with van der Waals surface area (Å²) in [5, 5.41) is 0.629. The number of nitrogens with one attached hydrogen (secondary N) is 1. The van der Waals surface area contributed by atoms with Crippen LogP contribution in [0.25, 0.3) is 22.4 Å². The van der Waals surface area contributed by atoms with Gasteiger partial charge in [-0.05, 0) is 49.2 Å². The van der Waals surface area contributed by atoms with Gasteiger partial charge in [-0.2, -0.15) is 0 Å². The van der Waals surface area contributed by atoms with E-state index in [0.29, 0.717) is 10.7 Å². The first-order valence-corrected chi connectivity index (χ1v) is 6.45. The van der Waals surface area contributed by atoms with Crippen LogP contribution in [-0.4, -0.2) is 9.97 Å². The van der Waals surface area contributed by atoms with Crippen molar-refractivity contribution in [2.75, 3.05) is 5.73 Å². The van der Waals surface area contributed by atoms with E-state index < -0.39 is 0 Å². The summed E-state index contributed by atoms with van der Waals surface area (Å²) in [6, 6.07) is 9.65. The number of nitrogen functional groups attached to an aromatic ring is 1. The van der Waals surface area contributed by atoms with Crippen LogP contribution < -0.4 is 5.73 Å². The van der Waals surface area contributed by atoms with E-state index in [1.807, 2.05) is 12.1 Å². The number of H-pyrrole nitrogens is 1. The van der Waals surface area contributed by atoms with Gasteiger partial charge in [0.1, 0.15) is 5.82 Å². The molecule has 1 aromatic heterocycles. The monoisotopic (exact) mass is 271 g/mol. The normalized spacial score (nSPS) is 11.1. The first-order valence-electron chi connectivity index (χ1n) is 6.07. The topological polar surface area (TPSA) is 54.7 Å². The number of aryl methyl sites for hydroxylation is 2. The van der Waals surface area contributed by atoms with E-state index in [2.05, 4.69) is 35.9 Å². The quantitative estimate of drug-likeness (QED) is 0.655. The molecule has 0 atom stereocenters. The maximum Gasteiger partial charge on any atom is 0.140 e. The average molecular weight is 272 g/mol. The van der Waals surface area contributed by atoms with Gasteiger partial charge in [-0.15, -0.1) is 0 Å². The summed E-state index contributed by atoms with van der Waals surface area (Å²) in [6.07, 6.45) is 0. The number of imidazole rings is 1. The smallest absolute Gasteiger partial charge is 0.140 e. The molecule has 3 aromatic rings. The van der Waals surface area contributed by atoms with Crippen molar-refractivity contribution >= 4 is 28.3 Å². The van der Waals surface area contributed by atoms with Crippen LogP contribution in [0.3, 0.4) is 0 Å². The Bertz CT molecular complexity index is 774. The van der Waals surface area contributed by atoms with Gasteiger partial charge in [-0.3, -0.25) is 0 Å². The van der Waals surface area contributed by atoms with Crippen molar-refractivity contribution in [3.8, 4) is 11.4 Å². The fourth-order valence-corrected chi connectivity index (χ4v) is 2.53. The number of anilines is 1. The van der Waals surface area contributed by atoms with Gasteiger partial charge in [-0.1, -0.05) is 17.7 Å². The SMILES string of the molecule is Cc1cc(C)c2nc(-c3ccc(Cl)cc3N)[nH]c2c1. The third-order valence-electron chi connectivity index (χ3n) is 3.19. The van der Waals surface area contributed by atoms with E-state index in [4.69, 9.17) is 17.3 Å². The van der Waals surface area contributed by atoms with Crippen LogP contribution in [0.4, 0.5) is 5.69 Å². The Morgan fingerprint density at radius 2 is 1.95 bits per heavy atom. The zero-order valence-electron chi connectivity index (χ0n) is 10.8. The molecule has 0 fully saturated rings. The van der Waals surface area contributed by atoms with E-state index in [1.165, 1.54) is 5.56 Å². The molecule has 0 unspecified atom stereocenters. The van der Waals surface area contributed by atoms with Gasteiger partial charge in [0.2, 0.25) is 0 Å². The van der Waals surface area contributed by atoms with Crippen molar-refractivity contribution in [2.24, 2.45) is 0 Å². The predicted octanol–water partition coefficient (Wildman–Crippen LogP) is 4.08. The Kier molecular flexibility index (Phi) is 2.72. The van der Waals surface area contributed by atoms with E-state index >= 15 is 0 Å². The molecule has 1 heterocycles. The van der Waals surface area contributed by atoms with Crippen LogP contribution in [0.15, 0.2) is 30.3 Å². The molecule has 19 heavy (non-hydrogen) atoms. The van der Waals surface area contributed by atoms with Crippen LogP contribution >= 0.6 is 11.6 Å². The zero-order chi connectivity index (χ0) is 13.6. The Morgan fingerprint density at radius 1 is 1.16 bits per heavy atom. The third kappa shape index (κ3) is 2.06. The van der Waals surface area contributed by atoms with Crippen molar-refractivity contribution in [1.82, 2.24) is 9.97 Å². The second-order valence-electron chi connectivity index (χ2n) is 4.79. The molecule has 0 radical (unpaired) electrons. The highest BCUT2D eigenvalue weighted by Crippen LogP contribution is 2.29. The first-order chi connectivity index (χ1) is 9.04. The number of nitrogens with zero attached hydrogens (tertiary/aromatic N) is 1. The van der Waals surface area contributed by atoms with Crippen molar-refractivity contribution in [3.05, 3.63) is 46.5 Å². The molecule has 96 valence electrons. The molecular weight excluding hydrogens is 258 g/mol. The van der Waals surface area contributed by atoms with Crippen molar-refractivity contribution in [2.45, 2.75) is 13.8 Å². The van der Waals surface area contributed by atoms with Gasteiger partial charge in [0.15, 0.2) is 0 Å². The minimum Gasteiger partial charge on any atom is -0.398 e. The molecule has 0 amide bonds. The molecule has 3 nitrogen and oxygen atoms in total. The lowest BCUT2D eigenvalue weighted by molar-refractivity contribution is 1.33. The van der Waals surface area contributed by atoms with E-state index in [-0.39, 0.29) is 0 Å². The van der Waals surface area contributed by atoms with E-state index in [1.54, 1.807) is 6.07 Å². The van der Waals surface area contributed by atoms with Crippen LogP contribution in [0.2, 0.25) is 5.02 Å². The fourth-order valence-electron chi connectivity index (χ4n) is 2.35. The summed E-state index contributed by atoms with van der Waals surface area (Å²) in [7, 11) is 0. The number of hydrogen-bond acceptors (Lipinski definition) is 2. The van der Waals surface area contributed by atoms with Crippen molar-refractivity contribution < 1.29 is 0 Å². The molecule has 3 N–H and O–H groups in total. The number of benzene rings is 2. The minimum absolute atomic E-state index is 0.626. The lowest BCUT2D eigenvalue weighted by atomic mass is 10.1. The van der Waals surface area contributed by atoms with E-state index in [0.717, 1.165) is 28.0 Å². The summed E-state index contributed by atoms with van der Waals surface area (Å²) in [5.74, 6) is 0.776. The molecule has 0 aliphatic carbocycles. The molecule has 4 heteroatoms. The predicted molar refractivity (Wildman–Crippen MR) is 80.4 cm³/mol. The highest BCUT2D eigenvalue weighted by atomic mass is 35.5. The highest BCUT2D eigenvalue weighted by Gasteiger charge is 2.10. The largest absolute Gasteiger partial charge is 0.398 e. The molecule has 0 aliphatic heterocycles. The first kappa shape index (κ1) is 12.1. The Balaban J connectivity index is 2.23. The maximum absolute atomic E-state index is 6.00. The summed E-state index contributed by atoms with van der Waals surface area (Å²) in [5.41, 5.74) is 11.9. The van der Waals surface area contributed by atoms with Crippen LogP contribution in [0.5, 0.6) is 0 Å². The molecule has 0 saturated heterocycles. The lowest BCUT2D eigenvalue weighted by Gasteiger charge is -2.02. The van der Waals surface area contributed by atoms with Crippen molar-refractivity contribution in [3.63, 3.8) is 0 Å². The fraction of sp³-hybridized carbons (Fsp3) is 0.133. The molecule has 3 rings (SSSR count).